The summed E-state index contributed by atoms with van der Waals surface area (Å²) < 4.78 is 0.888. The molecular formula is C11H11BrClNOS. The first kappa shape index (κ1) is 11.1. The molecule has 0 unspecified atom stereocenters. The van der Waals surface area contributed by atoms with E-state index in [9.17, 15) is 4.79 Å². The van der Waals surface area contributed by atoms with Crippen molar-refractivity contribution in [2.75, 3.05) is 0 Å². The van der Waals surface area contributed by atoms with Gasteiger partial charge in [0.2, 0.25) is 0 Å². The topological polar surface area (TPSA) is 29.1 Å². The van der Waals surface area contributed by atoms with Crippen LogP contribution in [0.2, 0.25) is 5.02 Å². The Morgan fingerprint density at radius 1 is 1.31 bits per heavy atom. The molecular weight excluding hydrogens is 310 g/mol. The highest BCUT2D eigenvalue weighted by molar-refractivity contribution is 9.11. The molecule has 3 rings (SSSR count). The fourth-order valence-electron chi connectivity index (χ4n) is 2.84. The van der Waals surface area contributed by atoms with Crippen LogP contribution in [0.1, 0.15) is 47.3 Å². The summed E-state index contributed by atoms with van der Waals surface area (Å²) in [6.07, 6.45) is 5.65. The zero-order chi connectivity index (χ0) is 11.3. The molecule has 2 aliphatic rings. The van der Waals surface area contributed by atoms with Gasteiger partial charge < -0.3 is 5.32 Å². The summed E-state index contributed by atoms with van der Waals surface area (Å²) in [7, 11) is 0. The normalized spacial score (nSPS) is 22.2. The van der Waals surface area contributed by atoms with Gasteiger partial charge in [-0.3, -0.25) is 4.79 Å². The molecule has 0 radical (unpaired) electrons. The number of fused-ring (bicyclic) bond motifs is 2. The van der Waals surface area contributed by atoms with Gasteiger partial charge in [-0.2, -0.15) is 0 Å². The van der Waals surface area contributed by atoms with Gasteiger partial charge in [-0.25, -0.2) is 0 Å². The van der Waals surface area contributed by atoms with Crippen molar-refractivity contribution in [3.05, 3.63) is 19.2 Å². The van der Waals surface area contributed by atoms with E-state index in [1.807, 2.05) is 0 Å². The summed E-state index contributed by atoms with van der Waals surface area (Å²) in [6, 6.07) is 0. The van der Waals surface area contributed by atoms with Gasteiger partial charge in [0.1, 0.15) is 4.88 Å². The summed E-state index contributed by atoms with van der Waals surface area (Å²) in [6.45, 7) is 0. The van der Waals surface area contributed by atoms with Gasteiger partial charge in [-0.15, -0.1) is 11.3 Å². The van der Waals surface area contributed by atoms with Gasteiger partial charge in [-0.1, -0.05) is 30.9 Å². The molecule has 0 bridgehead atoms. The van der Waals surface area contributed by atoms with Crippen LogP contribution in [0.25, 0.3) is 0 Å². The third-order valence-corrected chi connectivity index (χ3v) is 6.13. The molecule has 1 saturated carbocycles. The number of thiophene rings is 1. The number of halogens is 2. The Bertz CT molecular complexity index is 465. The van der Waals surface area contributed by atoms with E-state index >= 15 is 0 Å². The zero-order valence-corrected chi connectivity index (χ0v) is 11.8. The fraction of sp³-hybridized carbons (Fsp3) is 0.545. The number of carbonyl (C=O) groups excluding carboxylic acids is 1. The lowest BCUT2D eigenvalue weighted by Crippen LogP contribution is -2.41. The third kappa shape index (κ3) is 1.39. The minimum Gasteiger partial charge on any atom is -0.342 e. The van der Waals surface area contributed by atoms with Crippen LogP contribution in [-0.4, -0.2) is 5.91 Å². The molecule has 1 aliphatic carbocycles. The number of carbonyl (C=O) groups is 1. The molecule has 1 amide bonds. The lowest BCUT2D eigenvalue weighted by atomic mass is 9.78. The van der Waals surface area contributed by atoms with Gasteiger partial charge >= 0.3 is 0 Å². The first-order valence-electron chi connectivity index (χ1n) is 5.45. The molecule has 86 valence electrons. The second kappa shape index (κ2) is 3.72. The first-order valence-corrected chi connectivity index (χ1v) is 7.43. The van der Waals surface area contributed by atoms with Crippen LogP contribution < -0.4 is 5.32 Å². The quantitative estimate of drug-likeness (QED) is 0.767. The molecule has 2 nitrogen and oxygen atoms in total. The molecule has 1 fully saturated rings. The van der Waals surface area contributed by atoms with Gasteiger partial charge in [0.15, 0.2) is 0 Å². The molecule has 0 atom stereocenters. The van der Waals surface area contributed by atoms with E-state index < -0.39 is 0 Å². The number of amides is 1. The molecule has 0 aromatic carbocycles. The predicted molar refractivity (Wildman–Crippen MR) is 69.3 cm³/mol. The van der Waals surface area contributed by atoms with Gasteiger partial charge in [0.25, 0.3) is 5.91 Å². The van der Waals surface area contributed by atoms with Crippen LogP contribution in [0.3, 0.4) is 0 Å². The van der Waals surface area contributed by atoms with E-state index in [-0.39, 0.29) is 11.4 Å². The second-order valence-corrected chi connectivity index (χ2v) is 7.21. The monoisotopic (exact) mass is 319 g/mol. The predicted octanol–water partition coefficient (Wildman–Crippen LogP) is 4.07. The van der Waals surface area contributed by atoms with E-state index in [0.29, 0.717) is 0 Å². The smallest absolute Gasteiger partial charge is 0.262 e. The summed E-state index contributed by atoms with van der Waals surface area (Å²) in [5.74, 6) is 0.0505. The maximum Gasteiger partial charge on any atom is 0.262 e. The average Bonchev–Trinajstić information content (AvgIpc) is 2.69. The zero-order valence-electron chi connectivity index (χ0n) is 8.61. The van der Waals surface area contributed by atoms with Crippen molar-refractivity contribution >= 4 is 44.8 Å². The number of hydrogen-bond acceptors (Lipinski definition) is 2. The highest BCUT2D eigenvalue weighted by atomic mass is 79.9. The Kier molecular flexibility index (Phi) is 2.57. The molecule has 0 saturated heterocycles. The largest absolute Gasteiger partial charge is 0.342 e. The van der Waals surface area contributed by atoms with Crippen LogP contribution in [0.5, 0.6) is 0 Å². The van der Waals surface area contributed by atoms with Crippen LogP contribution in [0, 0.1) is 0 Å². The summed E-state index contributed by atoms with van der Waals surface area (Å²) in [5.41, 5.74) is 0.889. The lowest BCUT2D eigenvalue weighted by Gasteiger charge is -2.34. The van der Waals surface area contributed by atoms with Crippen LogP contribution in [-0.2, 0) is 5.54 Å². The highest BCUT2D eigenvalue weighted by Crippen LogP contribution is 2.51. The Balaban J connectivity index is 2.16. The first-order chi connectivity index (χ1) is 7.64. The SMILES string of the molecule is O=C1NC2(CCCCC2)c2c1sc(Br)c2Cl. The maximum absolute atomic E-state index is 11.9. The van der Waals surface area contributed by atoms with E-state index in [1.165, 1.54) is 30.6 Å². The molecule has 1 aromatic rings. The summed E-state index contributed by atoms with van der Waals surface area (Å²) >= 11 is 11.2. The molecule has 1 spiro atoms. The van der Waals surface area contributed by atoms with Gasteiger partial charge in [-0.05, 0) is 28.8 Å². The number of nitrogens with one attached hydrogen (secondary N) is 1. The average molecular weight is 321 g/mol. The maximum atomic E-state index is 11.9. The molecule has 16 heavy (non-hydrogen) atoms. The van der Waals surface area contributed by atoms with E-state index in [1.54, 1.807) is 0 Å². The van der Waals surface area contributed by atoms with Crippen molar-refractivity contribution in [2.45, 2.75) is 37.6 Å². The molecule has 1 aromatic heterocycles. The van der Waals surface area contributed by atoms with Crippen molar-refractivity contribution in [1.82, 2.24) is 5.32 Å². The third-order valence-electron chi connectivity index (χ3n) is 3.56. The fourth-order valence-corrected chi connectivity index (χ4v) is 4.88. The van der Waals surface area contributed by atoms with Crippen molar-refractivity contribution in [1.29, 1.82) is 0 Å². The van der Waals surface area contributed by atoms with Crippen molar-refractivity contribution in [2.24, 2.45) is 0 Å². The molecule has 2 heterocycles. The number of rotatable bonds is 0. The lowest BCUT2D eigenvalue weighted by molar-refractivity contribution is 0.0912. The highest BCUT2D eigenvalue weighted by Gasteiger charge is 2.46. The Hall–Kier alpha value is -0.0600. The number of hydrogen-bond donors (Lipinski definition) is 1. The van der Waals surface area contributed by atoms with Gasteiger partial charge in [0, 0.05) is 5.56 Å². The molecule has 1 aliphatic heterocycles. The van der Waals surface area contributed by atoms with Crippen LogP contribution in [0.4, 0.5) is 0 Å². The summed E-state index contributed by atoms with van der Waals surface area (Å²) in [5, 5.41) is 3.89. The van der Waals surface area contributed by atoms with Crippen LogP contribution in [0.15, 0.2) is 3.79 Å². The Morgan fingerprint density at radius 2 is 2.00 bits per heavy atom. The Morgan fingerprint density at radius 3 is 2.69 bits per heavy atom. The summed E-state index contributed by atoms with van der Waals surface area (Å²) in [4.78, 5) is 12.7. The van der Waals surface area contributed by atoms with E-state index in [2.05, 4.69) is 21.2 Å². The Labute approximate surface area is 111 Å². The molecule has 5 heteroatoms. The van der Waals surface area contributed by atoms with Gasteiger partial charge in [0.05, 0.1) is 14.3 Å². The minimum absolute atomic E-state index is 0.0505. The van der Waals surface area contributed by atoms with Crippen molar-refractivity contribution in [3.8, 4) is 0 Å². The minimum atomic E-state index is -0.162. The van der Waals surface area contributed by atoms with Crippen molar-refractivity contribution in [3.63, 3.8) is 0 Å². The van der Waals surface area contributed by atoms with E-state index in [0.717, 1.165) is 32.1 Å². The van der Waals surface area contributed by atoms with Crippen molar-refractivity contribution < 1.29 is 4.79 Å². The molecule has 1 N–H and O–H groups in total. The second-order valence-electron chi connectivity index (χ2n) is 4.49. The van der Waals surface area contributed by atoms with E-state index in [4.69, 9.17) is 11.6 Å². The standard InChI is InChI=1S/C11H11BrClNOS/c12-9-7(13)6-8(16-9)10(15)14-11(6)4-2-1-3-5-11/h1-5H2,(H,14,15). The van der Waals surface area contributed by atoms with Crippen LogP contribution >= 0.6 is 38.9 Å².